The van der Waals surface area contributed by atoms with Gasteiger partial charge in [-0.25, -0.2) is 4.98 Å². The van der Waals surface area contributed by atoms with E-state index >= 15 is 0 Å². The molecule has 0 N–H and O–H groups in total. The summed E-state index contributed by atoms with van der Waals surface area (Å²) in [7, 11) is 0. The fourth-order valence-electron chi connectivity index (χ4n) is 3.81. The number of benzene rings is 1. The number of carbonyl (C=O) groups excluding carboxylic acids is 1. The Morgan fingerprint density at radius 3 is 2.82 bits per heavy atom. The zero-order valence-electron chi connectivity index (χ0n) is 15.5. The summed E-state index contributed by atoms with van der Waals surface area (Å²) in [5, 5.41) is 9.31. The van der Waals surface area contributed by atoms with Crippen LogP contribution >= 0.6 is 0 Å². The number of carbonyl (C=O) groups is 1. The van der Waals surface area contributed by atoms with Gasteiger partial charge in [-0.3, -0.25) is 9.78 Å². The van der Waals surface area contributed by atoms with Crippen molar-refractivity contribution in [3.63, 3.8) is 0 Å². The summed E-state index contributed by atoms with van der Waals surface area (Å²) in [4.78, 5) is 23.5. The van der Waals surface area contributed by atoms with Gasteiger partial charge in [-0.2, -0.15) is 5.26 Å². The number of hydrogen-bond donors (Lipinski definition) is 0. The molecule has 1 amide bonds. The van der Waals surface area contributed by atoms with Crippen molar-refractivity contribution in [3.05, 3.63) is 83.7 Å². The lowest BCUT2D eigenvalue weighted by Gasteiger charge is -2.33. The summed E-state index contributed by atoms with van der Waals surface area (Å²) in [5.74, 6) is 1.11. The van der Waals surface area contributed by atoms with Crippen molar-refractivity contribution in [1.29, 1.82) is 5.26 Å². The van der Waals surface area contributed by atoms with Crippen molar-refractivity contribution < 1.29 is 4.79 Å². The quantitative estimate of drug-likeness (QED) is 0.706. The van der Waals surface area contributed by atoms with Crippen LogP contribution in [-0.2, 0) is 6.54 Å². The summed E-state index contributed by atoms with van der Waals surface area (Å²) in [6.45, 7) is 2.06. The first-order chi connectivity index (χ1) is 13.8. The van der Waals surface area contributed by atoms with Crippen molar-refractivity contribution in [3.8, 4) is 6.07 Å². The van der Waals surface area contributed by atoms with E-state index in [9.17, 15) is 10.1 Å². The van der Waals surface area contributed by atoms with E-state index < -0.39 is 0 Å². The molecule has 0 bridgehead atoms. The molecule has 1 aliphatic rings. The highest BCUT2D eigenvalue weighted by Gasteiger charge is 2.28. The van der Waals surface area contributed by atoms with Gasteiger partial charge in [0.15, 0.2) is 0 Å². The number of aromatic nitrogens is 3. The summed E-state index contributed by atoms with van der Waals surface area (Å²) in [6, 6.07) is 13.1. The van der Waals surface area contributed by atoms with Crippen LogP contribution in [0.3, 0.4) is 0 Å². The van der Waals surface area contributed by atoms with Crippen molar-refractivity contribution in [2.24, 2.45) is 0 Å². The Kier molecular flexibility index (Phi) is 5.16. The Morgan fingerprint density at radius 2 is 2.00 bits per heavy atom. The molecule has 0 spiro atoms. The van der Waals surface area contributed by atoms with E-state index in [1.165, 1.54) is 5.56 Å². The van der Waals surface area contributed by atoms with E-state index in [0.29, 0.717) is 24.2 Å². The standard InChI is InChI=1S/C22H21N5O/c23-14-18-4-1-2-6-20(18)22(28)27-12-3-5-19(16-27)21-25-11-13-26(21)15-17-7-9-24-10-8-17/h1-2,4,6-11,13,19H,3,5,12,15-16H2/t19-/m0/s1. The zero-order chi connectivity index (χ0) is 19.3. The van der Waals surface area contributed by atoms with E-state index in [2.05, 4.69) is 20.6 Å². The smallest absolute Gasteiger partial charge is 0.255 e. The van der Waals surface area contributed by atoms with Gasteiger partial charge in [-0.1, -0.05) is 12.1 Å². The molecule has 0 unspecified atom stereocenters. The molecule has 6 heteroatoms. The minimum Gasteiger partial charge on any atom is -0.338 e. The lowest BCUT2D eigenvalue weighted by Crippen LogP contribution is -2.40. The molecule has 28 heavy (non-hydrogen) atoms. The monoisotopic (exact) mass is 371 g/mol. The van der Waals surface area contributed by atoms with Crippen LogP contribution in [0.5, 0.6) is 0 Å². The first-order valence-electron chi connectivity index (χ1n) is 9.44. The molecular weight excluding hydrogens is 350 g/mol. The van der Waals surface area contributed by atoms with Crippen LogP contribution in [0, 0.1) is 11.3 Å². The van der Waals surface area contributed by atoms with Crippen molar-refractivity contribution in [1.82, 2.24) is 19.4 Å². The average Bonchev–Trinajstić information content (AvgIpc) is 3.22. The van der Waals surface area contributed by atoms with Crippen molar-refractivity contribution >= 4 is 5.91 Å². The molecule has 4 rings (SSSR count). The Morgan fingerprint density at radius 1 is 1.18 bits per heavy atom. The summed E-state index contributed by atoms with van der Waals surface area (Å²) in [5.41, 5.74) is 2.07. The molecule has 1 fully saturated rings. The number of imidazole rings is 1. The molecule has 0 saturated carbocycles. The maximum absolute atomic E-state index is 13.0. The fraction of sp³-hybridized carbons (Fsp3) is 0.273. The van der Waals surface area contributed by atoms with Gasteiger partial charge in [-0.15, -0.1) is 0 Å². The molecule has 3 heterocycles. The molecule has 2 aromatic heterocycles. The Bertz CT molecular complexity index is 1010. The van der Waals surface area contributed by atoms with E-state index in [-0.39, 0.29) is 11.8 Å². The highest BCUT2D eigenvalue weighted by atomic mass is 16.2. The van der Waals surface area contributed by atoms with E-state index in [0.717, 1.165) is 25.2 Å². The van der Waals surface area contributed by atoms with Gasteiger partial charge in [0.2, 0.25) is 0 Å². The van der Waals surface area contributed by atoms with Gasteiger partial charge in [0.05, 0.1) is 17.2 Å². The number of likely N-dealkylation sites (tertiary alicyclic amines) is 1. The van der Waals surface area contributed by atoms with Crippen LogP contribution in [0.2, 0.25) is 0 Å². The molecule has 1 atom stereocenters. The Balaban J connectivity index is 1.53. The van der Waals surface area contributed by atoms with Crippen molar-refractivity contribution in [2.45, 2.75) is 25.3 Å². The summed E-state index contributed by atoms with van der Waals surface area (Å²) >= 11 is 0. The fourth-order valence-corrected chi connectivity index (χ4v) is 3.81. The first kappa shape index (κ1) is 17.9. The second kappa shape index (κ2) is 8.05. The number of hydrogen-bond acceptors (Lipinski definition) is 4. The van der Waals surface area contributed by atoms with Crippen LogP contribution in [0.25, 0.3) is 0 Å². The zero-order valence-corrected chi connectivity index (χ0v) is 15.5. The normalized spacial score (nSPS) is 16.5. The molecule has 0 radical (unpaired) electrons. The lowest BCUT2D eigenvalue weighted by molar-refractivity contribution is 0.0703. The number of rotatable bonds is 4. The van der Waals surface area contributed by atoms with Crippen LogP contribution < -0.4 is 0 Å². The van der Waals surface area contributed by atoms with Gasteiger partial charge in [0.25, 0.3) is 5.91 Å². The third kappa shape index (κ3) is 3.65. The van der Waals surface area contributed by atoms with Crippen LogP contribution in [0.4, 0.5) is 0 Å². The van der Waals surface area contributed by atoms with E-state index in [1.807, 2.05) is 29.4 Å². The average molecular weight is 371 g/mol. The van der Waals surface area contributed by atoms with Gasteiger partial charge in [-0.05, 0) is 42.7 Å². The SMILES string of the molecule is N#Cc1ccccc1C(=O)N1CCC[C@H](c2nccn2Cc2ccncc2)C1. The molecule has 0 aliphatic carbocycles. The minimum atomic E-state index is -0.0749. The number of amides is 1. The second-order valence-corrected chi connectivity index (χ2v) is 7.02. The van der Waals surface area contributed by atoms with Crippen LogP contribution in [0.1, 0.15) is 46.1 Å². The highest BCUT2D eigenvalue weighted by Crippen LogP contribution is 2.27. The third-order valence-corrected chi connectivity index (χ3v) is 5.20. The van der Waals surface area contributed by atoms with Crippen LogP contribution in [-0.4, -0.2) is 38.4 Å². The number of nitriles is 1. The highest BCUT2D eigenvalue weighted by molar-refractivity contribution is 5.96. The van der Waals surface area contributed by atoms with Gasteiger partial charge in [0.1, 0.15) is 5.82 Å². The first-order valence-corrected chi connectivity index (χ1v) is 9.44. The maximum Gasteiger partial charge on any atom is 0.255 e. The van der Waals surface area contributed by atoms with Crippen LogP contribution in [0.15, 0.2) is 61.2 Å². The molecule has 140 valence electrons. The number of piperidine rings is 1. The third-order valence-electron chi connectivity index (χ3n) is 5.20. The molecular formula is C22H21N5O. The predicted molar refractivity (Wildman–Crippen MR) is 105 cm³/mol. The molecule has 3 aromatic rings. The van der Waals surface area contributed by atoms with E-state index in [4.69, 9.17) is 0 Å². The summed E-state index contributed by atoms with van der Waals surface area (Å²) in [6.07, 6.45) is 9.31. The Hall–Kier alpha value is -3.46. The van der Waals surface area contributed by atoms with Crippen molar-refractivity contribution in [2.75, 3.05) is 13.1 Å². The largest absolute Gasteiger partial charge is 0.338 e. The molecule has 1 aliphatic heterocycles. The van der Waals surface area contributed by atoms with E-state index in [1.54, 1.807) is 36.7 Å². The summed E-state index contributed by atoms with van der Waals surface area (Å²) < 4.78 is 2.15. The van der Waals surface area contributed by atoms with Gasteiger partial charge < -0.3 is 9.47 Å². The topological polar surface area (TPSA) is 74.8 Å². The molecule has 6 nitrogen and oxygen atoms in total. The predicted octanol–water partition coefficient (Wildman–Crippen LogP) is 3.22. The Labute approximate surface area is 164 Å². The second-order valence-electron chi connectivity index (χ2n) is 7.02. The minimum absolute atomic E-state index is 0.0749. The molecule has 1 aromatic carbocycles. The number of nitrogens with zero attached hydrogens (tertiary/aromatic N) is 5. The number of pyridine rings is 1. The molecule has 1 saturated heterocycles. The maximum atomic E-state index is 13.0. The van der Waals surface area contributed by atoms with Gasteiger partial charge >= 0.3 is 0 Å². The van der Waals surface area contributed by atoms with Gasteiger partial charge in [0, 0.05) is 50.3 Å². The lowest BCUT2D eigenvalue weighted by atomic mass is 9.95.